The van der Waals surface area contributed by atoms with Gasteiger partial charge < -0.3 is 19.9 Å². The first-order valence-electron chi connectivity index (χ1n) is 20.2. The summed E-state index contributed by atoms with van der Waals surface area (Å²) in [5, 5.41) is 13.0. The van der Waals surface area contributed by atoms with Crippen molar-refractivity contribution in [1.82, 2.24) is 14.9 Å². The minimum atomic E-state index is -3.63. The summed E-state index contributed by atoms with van der Waals surface area (Å²) in [5.74, 6) is 0.676. The van der Waals surface area contributed by atoms with Crippen LogP contribution in [0.2, 0.25) is 0 Å². The number of sulfonamides is 1. The van der Waals surface area contributed by atoms with Gasteiger partial charge in [-0.2, -0.15) is 0 Å². The minimum Gasteiger partial charge on any atom is -0.392 e. The zero-order valence-electron chi connectivity index (χ0n) is 33.1. The molecule has 9 nitrogen and oxygen atoms in total. The van der Waals surface area contributed by atoms with Crippen LogP contribution in [0, 0.1) is 11.8 Å². The summed E-state index contributed by atoms with van der Waals surface area (Å²) in [6.07, 6.45) is 5.54. The molecule has 3 fully saturated rings. The summed E-state index contributed by atoms with van der Waals surface area (Å²) in [6.45, 7) is 9.10. The van der Waals surface area contributed by atoms with Gasteiger partial charge >= 0.3 is 0 Å². The number of hydrogen-bond acceptors (Lipinski definition) is 7. The fraction of sp³-hybridized carbons (Fsp3) is 0.457. The van der Waals surface area contributed by atoms with Gasteiger partial charge in [-0.15, -0.1) is 0 Å². The van der Waals surface area contributed by atoms with Crippen molar-refractivity contribution in [1.29, 1.82) is 0 Å². The molecule has 7 unspecified atom stereocenters. The highest BCUT2D eigenvalue weighted by Gasteiger charge is 2.46. The van der Waals surface area contributed by atoms with Gasteiger partial charge in [-0.1, -0.05) is 105 Å². The molecule has 2 heterocycles. The Morgan fingerprint density at radius 2 is 1.52 bits per heavy atom. The average molecular weight is 780 g/mol. The van der Waals surface area contributed by atoms with Gasteiger partial charge in [0.15, 0.2) is 6.29 Å². The highest BCUT2D eigenvalue weighted by Crippen LogP contribution is 2.44. The third-order valence-corrected chi connectivity index (χ3v) is 13.2. The number of ether oxygens (including phenoxy) is 2. The number of nitrogens with one attached hydrogen (secondary N) is 2. The molecule has 2 aliphatic heterocycles. The summed E-state index contributed by atoms with van der Waals surface area (Å²) in [6, 6.07) is 32.6. The number of rotatable bonds is 11. The van der Waals surface area contributed by atoms with E-state index in [1.807, 2.05) is 81.4 Å². The van der Waals surface area contributed by atoms with Crippen LogP contribution in [0.3, 0.4) is 0 Å². The van der Waals surface area contributed by atoms with Crippen LogP contribution in [0.1, 0.15) is 101 Å². The first-order chi connectivity index (χ1) is 26.9. The molecule has 1 aliphatic carbocycles. The topological polar surface area (TPSA) is 117 Å². The molecule has 2 saturated heterocycles. The molecule has 4 aromatic carbocycles. The Bertz CT molecular complexity index is 2030. The highest BCUT2D eigenvalue weighted by atomic mass is 32.2. The number of aliphatic hydroxyl groups is 1. The van der Waals surface area contributed by atoms with Gasteiger partial charge in [-0.3, -0.25) is 9.69 Å². The van der Waals surface area contributed by atoms with E-state index in [9.17, 15) is 18.3 Å². The number of amides is 1. The van der Waals surface area contributed by atoms with Crippen molar-refractivity contribution in [3.8, 4) is 11.1 Å². The predicted octanol–water partition coefficient (Wildman–Crippen LogP) is 8.05. The first kappa shape index (κ1) is 40.3. The van der Waals surface area contributed by atoms with Crippen molar-refractivity contribution in [3.63, 3.8) is 0 Å². The third-order valence-electron chi connectivity index (χ3n) is 11.8. The second-order valence-electron chi connectivity index (χ2n) is 16.9. The number of fused-ring (bicyclic) bond motifs is 1. The van der Waals surface area contributed by atoms with E-state index in [1.54, 1.807) is 30.3 Å². The fourth-order valence-corrected chi connectivity index (χ4v) is 9.86. The molecule has 56 heavy (non-hydrogen) atoms. The lowest BCUT2D eigenvalue weighted by Crippen LogP contribution is -2.61. The Balaban J connectivity index is 1.13. The van der Waals surface area contributed by atoms with Crippen LogP contribution in [-0.4, -0.2) is 54.6 Å². The molecule has 298 valence electrons. The molecule has 3 N–H and O–H groups in total. The molecule has 3 aliphatic rings. The zero-order valence-corrected chi connectivity index (χ0v) is 33.9. The summed E-state index contributed by atoms with van der Waals surface area (Å²) < 4.78 is 42.2. The molecule has 7 atom stereocenters. The molecular weight excluding hydrogens is 723 g/mol. The molecule has 4 aromatic rings. The summed E-state index contributed by atoms with van der Waals surface area (Å²) >= 11 is 0. The van der Waals surface area contributed by atoms with Gasteiger partial charge in [0.05, 0.1) is 29.8 Å². The van der Waals surface area contributed by atoms with Crippen molar-refractivity contribution < 1.29 is 27.8 Å². The number of aliphatic hydroxyl groups excluding tert-OH is 1. The van der Waals surface area contributed by atoms with Crippen LogP contribution in [0.4, 0.5) is 0 Å². The van der Waals surface area contributed by atoms with Crippen molar-refractivity contribution in [3.05, 3.63) is 125 Å². The quantitative estimate of drug-likeness (QED) is 0.141. The number of piperidine rings is 1. The number of benzene rings is 4. The van der Waals surface area contributed by atoms with Gasteiger partial charge in [-0.05, 0) is 98.4 Å². The van der Waals surface area contributed by atoms with Gasteiger partial charge in [0, 0.05) is 36.2 Å². The Hall–Kier alpha value is -3.90. The number of likely N-dealkylation sites (tertiary alicyclic amines) is 1. The highest BCUT2D eigenvalue weighted by molar-refractivity contribution is 7.89. The maximum Gasteiger partial charge on any atom is 0.240 e. The zero-order chi connectivity index (χ0) is 39.5. The van der Waals surface area contributed by atoms with Crippen LogP contribution >= 0.6 is 0 Å². The summed E-state index contributed by atoms with van der Waals surface area (Å²) in [7, 11) is -3.63. The lowest BCUT2D eigenvalue weighted by molar-refractivity contribution is -0.278. The van der Waals surface area contributed by atoms with Crippen LogP contribution in [0.15, 0.2) is 108 Å². The van der Waals surface area contributed by atoms with Crippen molar-refractivity contribution in [2.75, 3.05) is 6.54 Å². The number of hydrogen-bond donors (Lipinski definition) is 3. The standard InChI is InChI=1S/C46H57N3O6S/c1-31-42(29-49-40-16-9-8-12-35(40)25-26-41(49)44(51)48-46(2,3)4)54-45(55-43(31)36-19-17-32(30-50)18-20-36)37-23-21-34(22-24-37)38-13-10-11-33(27-38)28-47-56(52,53)39-14-6-5-7-15-39/h5-7,10-11,13-15,17-24,27,31,35,40-43,45,47,50H,8-9,12,16,25-26,28-30H2,1-4H3,(H,48,51). The molecule has 7 rings (SSSR count). The predicted molar refractivity (Wildman–Crippen MR) is 219 cm³/mol. The van der Waals surface area contributed by atoms with Gasteiger partial charge in [0.25, 0.3) is 0 Å². The second kappa shape index (κ2) is 17.3. The molecular formula is C46H57N3O6S. The number of nitrogens with zero attached hydrogens (tertiary/aromatic N) is 1. The van der Waals surface area contributed by atoms with Crippen molar-refractivity contribution >= 4 is 15.9 Å². The largest absolute Gasteiger partial charge is 0.392 e. The summed E-state index contributed by atoms with van der Waals surface area (Å²) in [5.41, 5.74) is 5.26. The van der Waals surface area contributed by atoms with E-state index in [4.69, 9.17) is 9.47 Å². The second-order valence-corrected chi connectivity index (χ2v) is 18.7. The smallest absolute Gasteiger partial charge is 0.240 e. The molecule has 10 heteroatoms. The van der Waals surface area contributed by atoms with Crippen LogP contribution in [0.25, 0.3) is 11.1 Å². The van der Waals surface area contributed by atoms with E-state index in [0.717, 1.165) is 52.6 Å². The van der Waals surface area contributed by atoms with Gasteiger partial charge in [-0.25, -0.2) is 13.1 Å². The SMILES string of the molecule is CC1C(CN2C(C(=O)NC(C)(C)C)CCC3CCCCC32)OC(c2ccc(-c3cccc(CNS(=O)(=O)c4ccccc4)c3)cc2)OC1c1ccc(CO)cc1. The van der Waals surface area contributed by atoms with Crippen molar-refractivity contribution in [2.24, 2.45) is 11.8 Å². The van der Waals surface area contributed by atoms with E-state index in [-0.39, 0.29) is 53.7 Å². The van der Waals surface area contributed by atoms with Gasteiger partial charge in [0.1, 0.15) is 0 Å². The summed E-state index contributed by atoms with van der Waals surface area (Å²) in [4.78, 5) is 16.6. The molecule has 0 radical (unpaired) electrons. The molecule has 1 amide bonds. The fourth-order valence-electron chi connectivity index (χ4n) is 8.82. The average Bonchev–Trinajstić information content (AvgIpc) is 3.21. The maximum atomic E-state index is 13.9. The Morgan fingerprint density at radius 3 is 2.23 bits per heavy atom. The van der Waals surface area contributed by atoms with Crippen molar-refractivity contribution in [2.45, 2.75) is 120 Å². The Kier molecular flexibility index (Phi) is 12.5. The maximum absolute atomic E-state index is 13.9. The minimum absolute atomic E-state index is 0.0113. The molecule has 1 saturated carbocycles. The van der Waals surface area contributed by atoms with E-state index in [2.05, 4.69) is 34.0 Å². The number of carbonyl (C=O) groups is 1. The lowest BCUT2D eigenvalue weighted by Gasteiger charge is -2.51. The molecule has 0 spiro atoms. The Labute approximate surface area is 332 Å². The van der Waals surface area contributed by atoms with E-state index < -0.39 is 16.3 Å². The van der Waals surface area contributed by atoms with E-state index in [0.29, 0.717) is 18.5 Å². The van der Waals surface area contributed by atoms with Crippen LogP contribution in [0.5, 0.6) is 0 Å². The van der Waals surface area contributed by atoms with Crippen LogP contribution in [-0.2, 0) is 37.4 Å². The molecule has 0 bridgehead atoms. The Morgan fingerprint density at radius 1 is 0.804 bits per heavy atom. The number of carbonyl (C=O) groups excluding carboxylic acids is 1. The van der Waals surface area contributed by atoms with E-state index >= 15 is 0 Å². The van der Waals surface area contributed by atoms with Gasteiger partial charge in [0.2, 0.25) is 15.9 Å². The van der Waals surface area contributed by atoms with E-state index in [1.165, 1.54) is 19.3 Å². The lowest BCUT2D eigenvalue weighted by atomic mass is 9.75. The monoisotopic (exact) mass is 779 g/mol. The third kappa shape index (κ3) is 9.44. The first-order valence-corrected chi connectivity index (χ1v) is 21.7. The molecule has 0 aromatic heterocycles. The van der Waals surface area contributed by atoms with Crippen LogP contribution < -0.4 is 10.0 Å². The normalized spacial score (nSPS) is 26.0.